The number of carbonyl (C=O) groups is 2. The second kappa shape index (κ2) is 12.1. The van der Waals surface area contributed by atoms with E-state index in [0.717, 1.165) is 0 Å². The molecular formula is C28H23Cl3FN3O4. The monoisotopic (exact) mass is 589 g/mol. The summed E-state index contributed by atoms with van der Waals surface area (Å²) in [6.45, 7) is 0.755. The molecule has 0 aliphatic carbocycles. The summed E-state index contributed by atoms with van der Waals surface area (Å²) in [7, 11) is 1.58. The first-order chi connectivity index (χ1) is 18.6. The van der Waals surface area contributed by atoms with Crippen molar-refractivity contribution in [3.05, 3.63) is 98.6 Å². The molecule has 1 N–H and O–H groups in total. The highest BCUT2D eigenvalue weighted by Gasteiger charge is 2.30. The van der Waals surface area contributed by atoms with Gasteiger partial charge in [-0.2, -0.15) is 5.10 Å². The lowest BCUT2D eigenvalue weighted by molar-refractivity contribution is -0.136. The molecule has 7 nitrogen and oxygen atoms in total. The maximum absolute atomic E-state index is 13.9. The van der Waals surface area contributed by atoms with Crippen LogP contribution in [0.25, 0.3) is 16.9 Å². The summed E-state index contributed by atoms with van der Waals surface area (Å²) in [5.41, 5.74) is 2.32. The molecule has 39 heavy (non-hydrogen) atoms. The van der Waals surface area contributed by atoms with Crippen LogP contribution in [0.1, 0.15) is 34.6 Å². The van der Waals surface area contributed by atoms with Gasteiger partial charge in [0.05, 0.1) is 33.9 Å². The van der Waals surface area contributed by atoms with Crippen molar-refractivity contribution in [1.29, 1.82) is 0 Å². The van der Waals surface area contributed by atoms with Gasteiger partial charge in [0.25, 0.3) is 5.91 Å². The van der Waals surface area contributed by atoms with Gasteiger partial charge in [-0.25, -0.2) is 9.07 Å². The third kappa shape index (κ3) is 6.03. The van der Waals surface area contributed by atoms with E-state index >= 15 is 0 Å². The number of carboxylic acid groups (broad SMARTS) is 1. The smallest absolute Gasteiger partial charge is 0.307 e. The second-order valence-electron chi connectivity index (χ2n) is 8.65. The van der Waals surface area contributed by atoms with Crippen LogP contribution in [0.5, 0.6) is 5.75 Å². The predicted octanol–water partition coefficient (Wildman–Crippen LogP) is 7.27. The number of rotatable bonds is 9. The fourth-order valence-corrected chi connectivity index (χ4v) is 4.75. The van der Waals surface area contributed by atoms with Gasteiger partial charge in [0.2, 0.25) is 6.86 Å². The van der Waals surface area contributed by atoms with E-state index in [4.69, 9.17) is 39.5 Å². The van der Waals surface area contributed by atoms with Crippen molar-refractivity contribution in [2.24, 2.45) is 0 Å². The first-order valence-corrected chi connectivity index (χ1v) is 12.9. The van der Waals surface area contributed by atoms with Gasteiger partial charge >= 0.3 is 5.97 Å². The average Bonchev–Trinajstić information content (AvgIpc) is 3.27. The van der Waals surface area contributed by atoms with Crippen molar-refractivity contribution in [1.82, 2.24) is 14.7 Å². The molecule has 0 saturated heterocycles. The molecule has 4 aromatic rings. The lowest BCUT2D eigenvalue weighted by Gasteiger charge is -2.25. The van der Waals surface area contributed by atoms with Crippen LogP contribution < -0.4 is 4.74 Å². The summed E-state index contributed by atoms with van der Waals surface area (Å²) in [4.78, 5) is 27.3. The summed E-state index contributed by atoms with van der Waals surface area (Å²) in [6.07, 6.45) is -0.465. The summed E-state index contributed by atoms with van der Waals surface area (Å²) in [6, 6.07) is 18.0. The number of nitrogens with zero attached hydrogens (tertiary/aromatic N) is 3. The Morgan fingerprint density at radius 1 is 1.05 bits per heavy atom. The van der Waals surface area contributed by atoms with Crippen molar-refractivity contribution in [3.8, 4) is 22.7 Å². The summed E-state index contributed by atoms with van der Waals surface area (Å²) in [5.74, 6) is -1.47. The second-order valence-corrected chi connectivity index (χ2v) is 9.90. The number of carbonyl (C=O) groups excluding carboxylic acids is 1. The molecule has 0 saturated carbocycles. The maximum Gasteiger partial charge on any atom is 0.307 e. The first-order valence-electron chi connectivity index (χ1n) is 11.7. The highest BCUT2D eigenvalue weighted by molar-refractivity contribution is 6.32. The maximum atomic E-state index is 13.9. The third-order valence-corrected chi connectivity index (χ3v) is 7.13. The molecule has 0 aliphatic heterocycles. The van der Waals surface area contributed by atoms with E-state index in [-0.39, 0.29) is 22.0 Å². The van der Waals surface area contributed by atoms with Crippen LogP contribution in [0, 0.1) is 0 Å². The fraction of sp³-hybridized carbons (Fsp3) is 0.179. The van der Waals surface area contributed by atoms with E-state index in [1.807, 2.05) is 0 Å². The number of hydrogen-bond acceptors (Lipinski definition) is 4. The molecule has 0 fully saturated rings. The van der Waals surface area contributed by atoms with Gasteiger partial charge < -0.3 is 14.7 Å². The Balaban J connectivity index is 1.85. The Hall–Kier alpha value is -3.59. The molecule has 0 unspecified atom stereocenters. The van der Waals surface area contributed by atoms with E-state index in [9.17, 15) is 19.1 Å². The Bertz CT molecular complexity index is 1530. The normalized spacial score (nSPS) is 11.7. The number of hydrogen-bond donors (Lipinski definition) is 1. The highest BCUT2D eigenvalue weighted by Crippen LogP contribution is 2.35. The van der Waals surface area contributed by atoms with Crippen LogP contribution in [-0.4, -0.2) is 45.6 Å². The van der Waals surface area contributed by atoms with Crippen LogP contribution in [0.4, 0.5) is 4.39 Å². The van der Waals surface area contributed by atoms with Gasteiger partial charge in [-0.1, -0.05) is 65.1 Å². The Morgan fingerprint density at radius 3 is 2.36 bits per heavy atom. The van der Waals surface area contributed by atoms with Crippen molar-refractivity contribution in [2.45, 2.75) is 19.4 Å². The van der Waals surface area contributed by atoms with E-state index < -0.39 is 31.2 Å². The minimum Gasteiger partial charge on any atom is -0.481 e. The Labute approximate surface area is 239 Å². The van der Waals surface area contributed by atoms with Gasteiger partial charge in [-0.3, -0.25) is 9.59 Å². The molecule has 3 aromatic carbocycles. The van der Waals surface area contributed by atoms with Crippen LogP contribution in [0.3, 0.4) is 0 Å². The number of benzene rings is 3. The molecule has 1 aromatic heterocycles. The summed E-state index contributed by atoms with van der Waals surface area (Å²) >= 11 is 18.8. The minimum absolute atomic E-state index is 0.0416. The summed E-state index contributed by atoms with van der Waals surface area (Å²) in [5, 5.41) is 15.4. The van der Waals surface area contributed by atoms with E-state index in [0.29, 0.717) is 32.6 Å². The number of carboxylic acids is 1. The number of halogens is 4. The number of aliphatic carboxylic acids is 1. The van der Waals surface area contributed by atoms with Crippen LogP contribution in [0.15, 0.2) is 66.7 Å². The molecule has 11 heteroatoms. The van der Waals surface area contributed by atoms with Crippen molar-refractivity contribution in [2.75, 3.05) is 13.9 Å². The van der Waals surface area contributed by atoms with E-state index in [1.54, 1.807) is 74.6 Å². The molecular weight excluding hydrogens is 568 g/mol. The zero-order valence-electron chi connectivity index (χ0n) is 20.9. The third-order valence-electron chi connectivity index (χ3n) is 6.26. The molecule has 1 heterocycles. The Morgan fingerprint density at radius 2 is 1.74 bits per heavy atom. The zero-order valence-corrected chi connectivity index (χ0v) is 23.1. The standard InChI is InChI=1S/C28H23Cl3FN3O4/c1-16(18-9-12-24(39-15-32)22(31)13-18)34(2)28(38)26-20(14-25(36)37)27(17-7-10-19(29)11-8-17)35(33-26)23-6-4-3-5-21(23)30/h3-13,16H,14-15H2,1-2H3,(H,36,37)/t16-/m1/s1. The fourth-order valence-electron chi connectivity index (χ4n) is 4.16. The predicted molar refractivity (Wildman–Crippen MR) is 149 cm³/mol. The summed E-state index contributed by atoms with van der Waals surface area (Å²) < 4.78 is 18.9. The van der Waals surface area contributed by atoms with Crippen LogP contribution in [0.2, 0.25) is 15.1 Å². The van der Waals surface area contributed by atoms with Crippen LogP contribution >= 0.6 is 34.8 Å². The molecule has 1 atom stereocenters. The van der Waals surface area contributed by atoms with E-state index in [1.165, 1.54) is 15.6 Å². The van der Waals surface area contributed by atoms with Crippen molar-refractivity contribution < 1.29 is 23.8 Å². The van der Waals surface area contributed by atoms with Gasteiger partial charge in [0.15, 0.2) is 5.69 Å². The minimum atomic E-state index is -1.14. The van der Waals surface area contributed by atoms with Gasteiger partial charge in [0.1, 0.15) is 5.75 Å². The average molecular weight is 591 g/mol. The number of amides is 1. The Kier molecular flexibility index (Phi) is 8.80. The van der Waals surface area contributed by atoms with Crippen molar-refractivity contribution in [3.63, 3.8) is 0 Å². The molecule has 0 aliphatic rings. The lowest BCUT2D eigenvalue weighted by Crippen LogP contribution is -2.31. The van der Waals surface area contributed by atoms with Crippen molar-refractivity contribution >= 4 is 46.7 Å². The highest BCUT2D eigenvalue weighted by atomic mass is 35.5. The van der Waals surface area contributed by atoms with E-state index in [2.05, 4.69) is 5.10 Å². The topological polar surface area (TPSA) is 84.7 Å². The van der Waals surface area contributed by atoms with Gasteiger partial charge in [-0.05, 0) is 48.9 Å². The zero-order chi connectivity index (χ0) is 28.3. The first kappa shape index (κ1) is 28.4. The number of ether oxygens (including phenoxy) is 1. The number of alkyl halides is 1. The number of para-hydroxylation sites is 1. The van der Waals surface area contributed by atoms with Crippen LogP contribution in [-0.2, 0) is 11.2 Å². The SMILES string of the molecule is C[C@H](c1ccc(OCF)c(Cl)c1)N(C)C(=O)c1nn(-c2ccccc2Cl)c(-c2ccc(Cl)cc2)c1CC(=O)O. The van der Waals surface area contributed by atoms with Gasteiger partial charge in [0, 0.05) is 23.2 Å². The largest absolute Gasteiger partial charge is 0.481 e. The molecule has 202 valence electrons. The lowest BCUT2D eigenvalue weighted by atomic mass is 10.0. The molecule has 1 amide bonds. The molecule has 0 spiro atoms. The molecule has 0 bridgehead atoms. The molecule has 0 radical (unpaired) electrons. The molecule has 4 rings (SSSR count). The quantitative estimate of drug-likeness (QED) is 0.222. The van der Waals surface area contributed by atoms with Gasteiger partial charge in [-0.15, -0.1) is 0 Å². The number of aromatic nitrogens is 2.